The highest BCUT2D eigenvalue weighted by Crippen LogP contribution is 2.15. The van der Waals surface area contributed by atoms with Gasteiger partial charge in [-0.15, -0.1) is 0 Å². The number of aryl methyl sites for hydroxylation is 1. The average Bonchev–Trinajstić information content (AvgIpc) is 3.34. The predicted octanol–water partition coefficient (Wildman–Crippen LogP) is 1.28. The Morgan fingerprint density at radius 3 is 2.76 bits per heavy atom. The van der Waals surface area contributed by atoms with E-state index in [9.17, 15) is 9.59 Å². The van der Waals surface area contributed by atoms with E-state index in [0.717, 1.165) is 17.2 Å². The normalized spacial score (nSPS) is 11.4. The fraction of sp³-hybridized carbons (Fsp3) is 0.211. The topological polar surface area (TPSA) is 133 Å². The molecule has 0 saturated heterocycles. The molecule has 148 valence electrons. The zero-order valence-electron chi connectivity index (χ0n) is 15.7. The molecule has 0 aliphatic heterocycles. The number of hydrogen-bond acceptors (Lipinski definition) is 6. The van der Waals surface area contributed by atoms with Crippen molar-refractivity contribution in [3.63, 3.8) is 0 Å². The standard InChI is InChI=1S/C19H19N7O3/c1-25-7-6-22-16(25)11-26(10-15-20-4-5-21-15)9-12-2-3-14-13(8-12)18(27)24-17(23-14)19(28)29/h2-8H,9-11H2,1H3,(H,20,21)(H,28,29)(H,23,24,27). The highest BCUT2D eigenvalue weighted by molar-refractivity contribution is 5.87. The predicted molar refractivity (Wildman–Crippen MR) is 104 cm³/mol. The van der Waals surface area contributed by atoms with Gasteiger partial charge in [-0.2, -0.15) is 0 Å². The average molecular weight is 393 g/mol. The summed E-state index contributed by atoms with van der Waals surface area (Å²) in [5, 5.41) is 9.40. The first-order valence-electron chi connectivity index (χ1n) is 8.92. The number of benzene rings is 1. The summed E-state index contributed by atoms with van der Waals surface area (Å²) in [6, 6.07) is 5.24. The first-order valence-corrected chi connectivity index (χ1v) is 8.92. The molecule has 3 heterocycles. The molecule has 0 aliphatic carbocycles. The molecule has 0 amide bonds. The number of rotatable bonds is 7. The number of carboxylic acid groups (broad SMARTS) is 1. The number of carboxylic acids is 1. The van der Waals surface area contributed by atoms with Crippen molar-refractivity contribution >= 4 is 16.9 Å². The number of aromatic nitrogens is 6. The number of aromatic amines is 2. The monoisotopic (exact) mass is 393 g/mol. The van der Waals surface area contributed by atoms with E-state index < -0.39 is 11.5 Å². The van der Waals surface area contributed by atoms with Gasteiger partial charge in [0.05, 0.1) is 24.0 Å². The summed E-state index contributed by atoms with van der Waals surface area (Å²) < 4.78 is 1.96. The minimum absolute atomic E-state index is 0.344. The number of hydrogen-bond donors (Lipinski definition) is 3. The molecule has 0 spiro atoms. The van der Waals surface area contributed by atoms with E-state index in [4.69, 9.17) is 5.11 Å². The molecule has 0 aliphatic rings. The van der Waals surface area contributed by atoms with Crippen molar-refractivity contribution in [2.24, 2.45) is 7.05 Å². The molecule has 0 atom stereocenters. The Labute approximate surface area is 164 Å². The van der Waals surface area contributed by atoms with Gasteiger partial charge in [-0.3, -0.25) is 9.69 Å². The summed E-state index contributed by atoms with van der Waals surface area (Å²) >= 11 is 0. The largest absolute Gasteiger partial charge is 0.475 e. The van der Waals surface area contributed by atoms with Crippen LogP contribution in [0, 0.1) is 0 Å². The van der Waals surface area contributed by atoms with Gasteiger partial charge in [-0.05, 0) is 17.7 Å². The van der Waals surface area contributed by atoms with Crippen LogP contribution in [0.1, 0.15) is 27.8 Å². The Balaban J connectivity index is 1.63. The molecule has 10 heteroatoms. The third kappa shape index (κ3) is 4.06. The van der Waals surface area contributed by atoms with Crippen molar-refractivity contribution in [2.45, 2.75) is 19.6 Å². The zero-order chi connectivity index (χ0) is 20.4. The number of fused-ring (bicyclic) bond motifs is 1. The Bertz CT molecular complexity index is 1210. The van der Waals surface area contributed by atoms with E-state index in [-0.39, 0.29) is 5.82 Å². The van der Waals surface area contributed by atoms with E-state index >= 15 is 0 Å². The quantitative estimate of drug-likeness (QED) is 0.431. The summed E-state index contributed by atoms with van der Waals surface area (Å²) in [6.45, 7) is 1.71. The van der Waals surface area contributed by atoms with Gasteiger partial charge in [-0.25, -0.2) is 19.7 Å². The van der Waals surface area contributed by atoms with Gasteiger partial charge in [0.2, 0.25) is 5.82 Å². The SMILES string of the molecule is Cn1ccnc1CN(Cc1ccc2nc(C(=O)O)[nH]c(=O)c2c1)Cc1ncc[nH]1. The van der Waals surface area contributed by atoms with Crippen LogP contribution in [0.5, 0.6) is 0 Å². The fourth-order valence-electron chi connectivity index (χ4n) is 3.16. The van der Waals surface area contributed by atoms with Crippen LogP contribution in [0.2, 0.25) is 0 Å². The van der Waals surface area contributed by atoms with Crippen LogP contribution in [0.4, 0.5) is 0 Å². The second-order valence-electron chi connectivity index (χ2n) is 6.71. The minimum atomic E-state index is -1.27. The molecule has 3 aromatic heterocycles. The fourth-order valence-corrected chi connectivity index (χ4v) is 3.16. The summed E-state index contributed by atoms with van der Waals surface area (Å²) in [4.78, 5) is 43.6. The smallest absolute Gasteiger partial charge is 0.372 e. The lowest BCUT2D eigenvalue weighted by molar-refractivity contribution is 0.0683. The van der Waals surface area contributed by atoms with Crippen LogP contribution >= 0.6 is 0 Å². The summed E-state index contributed by atoms with van der Waals surface area (Å²) in [7, 11) is 1.94. The van der Waals surface area contributed by atoms with Crippen LogP contribution in [0.3, 0.4) is 0 Å². The molecule has 0 radical (unpaired) electrons. The van der Waals surface area contributed by atoms with E-state index in [0.29, 0.717) is 30.5 Å². The number of carbonyl (C=O) groups is 1. The van der Waals surface area contributed by atoms with Crippen LogP contribution in [0.25, 0.3) is 10.9 Å². The van der Waals surface area contributed by atoms with Gasteiger partial charge in [0.25, 0.3) is 5.56 Å². The third-order valence-electron chi connectivity index (χ3n) is 4.59. The van der Waals surface area contributed by atoms with Crippen molar-refractivity contribution in [1.82, 2.24) is 34.4 Å². The van der Waals surface area contributed by atoms with Gasteiger partial charge in [0, 0.05) is 38.4 Å². The van der Waals surface area contributed by atoms with E-state index in [1.807, 2.05) is 23.9 Å². The third-order valence-corrected chi connectivity index (χ3v) is 4.59. The number of nitrogens with one attached hydrogen (secondary N) is 2. The van der Waals surface area contributed by atoms with E-state index in [1.54, 1.807) is 30.7 Å². The number of aromatic carboxylic acids is 1. The second-order valence-corrected chi connectivity index (χ2v) is 6.71. The number of nitrogens with zero attached hydrogens (tertiary/aromatic N) is 5. The van der Waals surface area contributed by atoms with Gasteiger partial charge >= 0.3 is 5.97 Å². The highest BCUT2D eigenvalue weighted by Gasteiger charge is 2.14. The van der Waals surface area contributed by atoms with Crippen molar-refractivity contribution in [3.8, 4) is 0 Å². The lowest BCUT2D eigenvalue weighted by atomic mass is 10.1. The maximum Gasteiger partial charge on any atom is 0.372 e. The first-order chi connectivity index (χ1) is 14.0. The first kappa shape index (κ1) is 18.6. The van der Waals surface area contributed by atoms with Crippen molar-refractivity contribution in [2.75, 3.05) is 0 Å². The minimum Gasteiger partial charge on any atom is -0.475 e. The Morgan fingerprint density at radius 2 is 2.07 bits per heavy atom. The summed E-state index contributed by atoms with van der Waals surface area (Å²) in [6.07, 6.45) is 7.12. The highest BCUT2D eigenvalue weighted by atomic mass is 16.4. The second kappa shape index (κ2) is 7.68. The van der Waals surface area contributed by atoms with Gasteiger partial charge in [0.1, 0.15) is 11.6 Å². The Hall–Kier alpha value is -3.79. The number of imidazole rings is 2. The molecule has 10 nitrogen and oxygen atoms in total. The number of H-pyrrole nitrogens is 2. The molecule has 0 unspecified atom stereocenters. The molecular formula is C19H19N7O3. The zero-order valence-corrected chi connectivity index (χ0v) is 15.7. The van der Waals surface area contributed by atoms with E-state index in [2.05, 4.69) is 29.8 Å². The maximum atomic E-state index is 12.3. The molecule has 0 saturated carbocycles. The molecule has 3 N–H and O–H groups in total. The maximum absolute atomic E-state index is 12.3. The van der Waals surface area contributed by atoms with Crippen molar-refractivity contribution < 1.29 is 9.90 Å². The van der Waals surface area contributed by atoms with Gasteiger partial charge < -0.3 is 19.6 Å². The van der Waals surface area contributed by atoms with Crippen LogP contribution in [-0.4, -0.2) is 45.5 Å². The molecule has 4 rings (SSSR count). The lowest BCUT2D eigenvalue weighted by Gasteiger charge is -2.21. The van der Waals surface area contributed by atoms with E-state index in [1.165, 1.54) is 0 Å². The molecule has 0 bridgehead atoms. The lowest BCUT2D eigenvalue weighted by Crippen LogP contribution is -2.25. The van der Waals surface area contributed by atoms with Gasteiger partial charge in [-0.1, -0.05) is 6.07 Å². The molecule has 29 heavy (non-hydrogen) atoms. The van der Waals surface area contributed by atoms with Crippen LogP contribution < -0.4 is 5.56 Å². The van der Waals surface area contributed by atoms with Crippen LogP contribution in [0.15, 0.2) is 47.8 Å². The molecular weight excluding hydrogens is 374 g/mol. The summed E-state index contributed by atoms with van der Waals surface area (Å²) in [5.41, 5.74) is 0.765. The van der Waals surface area contributed by atoms with Crippen LogP contribution in [-0.2, 0) is 26.7 Å². The molecule has 4 aromatic rings. The summed E-state index contributed by atoms with van der Waals surface area (Å²) in [5.74, 6) is 0.0887. The Morgan fingerprint density at radius 1 is 1.21 bits per heavy atom. The molecule has 1 aromatic carbocycles. The molecule has 0 fully saturated rings. The van der Waals surface area contributed by atoms with Crippen molar-refractivity contribution in [1.29, 1.82) is 0 Å². The Kier molecular flexibility index (Phi) is 4.92. The van der Waals surface area contributed by atoms with Crippen molar-refractivity contribution in [3.05, 3.63) is 76.4 Å². The van der Waals surface area contributed by atoms with Gasteiger partial charge in [0.15, 0.2) is 0 Å².